The van der Waals surface area contributed by atoms with Crippen LogP contribution in [0.15, 0.2) is 41.8 Å². The minimum Gasteiger partial charge on any atom is -0.350 e. The van der Waals surface area contributed by atoms with Gasteiger partial charge in [-0.3, -0.25) is 9.59 Å². The molecule has 1 heterocycles. The van der Waals surface area contributed by atoms with E-state index in [0.29, 0.717) is 11.4 Å². The Morgan fingerprint density at radius 1 is 1.20 bits per heavy atom. The summed E-state index contributed by atoms with van der Waals surface area (Å²) in [6, 6.07) is 11.1. The van der Waals surface area contributed by atoms with Crippen molar-refractivity contribution in [2.75, 3.05) is 13.6 Å². The van der Waals surface area contributed by atoms with Gasteiger partial charge in [-0.25, -0.2) is 0 Å². The van der Waals surface area contributed by atoms with Gasteiger partial charge in [0, 0.05) is 13.1 Å². The number of benzene rings is 1. The average Bonchev–Trinajstić information content (AvgIpc) is 3.14. The molecule has 0 radical (unpaired) electrons. The summed E-state index contributed by atoms with van der Waals surface area (Å²) in [6.45, 7) is 6.12. The highest BCUT2D eigenvalue weighted by Crippen LogP contribution is 2.09. The molecular formula is C19H25N3O2S. The van der Waals surface area contributed by atoms with Crippen molar-refractivity contribution in [2.45, 2.75) is 33.0 Å². The zero-order chi connectivity index (χ0) is 18.2. The van der Waals surface area contributed by atoms with Gasteiger partial charge in [-0.2, -0.15) is 0 Å². The van der Waals surface area contributed by atoms with E-state index < -0.39 is 6.04 Å². The molecule has 2 rings (SSSR count). The van der Waals surface area contributed by atoms with Crippen molar-refractivity contribution in [3.8, 4) is 0 Å². The van der Waals surface area contributed by atoms with Crippen molar-refractivity contribution in [3.63, 3.8) is 0 Å². The van der Waals surface area contributed by atoms with Crippen LogP contribution in [-0.2, 0) is 17.9 Å². The van der Waals surface area contributed by atoms with Crippen molar-refractivity contribution in [2.24, 2.45) is 0 Å². The second-order valence-electron chi connectivity index (χ2n) is 6.04. The lowest BCUT2D eigenvalue weighted by molar-refractivity contribution is -0.122. The van der Waals surface area contributed by atoms with E-state index in [1.807, 2.05) is 23.6 Å². The van der Waals surface area contributed by atoms with Gasteiger partial charge in [-0.1, -0.05) is 37.3 Å². The molecule has 0 aliphatic rings. The van der Waals surface area contributed by atoms with Crippen LogP contribution in [0.5, 0.6) is 0 Å². The van der Waals surface area contributed by atoms with E-state index in [4.69, 9.17) is 0 Å². The number of carbonyl (C=O) groups excluding carboxylic acids is 2. The molecule has 134 valence electrons. The predicted molar refractivity (Wildman–Crippen MR) is 102 cm³/mol. The zero-order valence-corrected chi connectivity index (χ0v) is 15.7. The fourth-order valence-corrected chi connectivity index (χ4v) is 2.97. The maximum Gasteiger partial charge on any atom is 0.261 e. The lowest BCUT2D eigenvalue weighted by Gasteiger charge is -2.16. The molecule has 1 atom stereocenters. The Hall–Kier alpha value is -2.18. The number of rotatable bonds is 8. The SMILES string of the molecule is CCN(C)Cc1cccc(CNC(=O)[C@@H](C)NC(=O)c2cccs2)c1. The summed E-state index contributed by atoms with van der Waals surface area (Å²) in [5.74, 6) is -0.414. The molecule has 0 saturated carbocycles. The number of nitrogens with one attached hydrogen (secondary N) is 2. The number of carbonyl (C=O) groups is 2. The molecule has 6 heteroatoms. The lowest BCUT2D eigenvalue weighted by Crippen LogP contribution is -2.44. The fraction of sp³-hybridized carbons (Fsp3) is 0.368. The van der Waals surface area contributed by atoms with E-state index in [1.165, 1.54) is 16.9 Å². The second-order valence-corrected chi connectivity index (χ2v) is 6.99. The standard InChI is InChI=1S/C19H25N3O2S/c1-4-22(3)13-16-8-5-7-15(11-16)12-20-18(23)14(2)21-19(24)17-9-6-10-25-17/h5-11,14H,4,12-13H2,1-3H3,(H,20,23)(H,21,24)/t14-/m1/s1. The van der Waals surface area contributed by atoms with Crippen molar-refractivity contribution >= 4 is 23.2 Å². The largest absolute Gasteiger partial charge is 0.350 e. The van der Waals surface area contributed by atoms with Crippen LogP contribution in [0.3, 0.4) is 0 Å². The van der Waals surface area contributed by atoms with E-state index in [-0.39, 0.29) is 11.8 Å². The summed E-state index contributed by atoms with van der Waals surface area (Å²) in [7, 11) is 2.08. The Labute approximate surface area is 153 Å². The fourth-order valence-electron chi connectivity index (χ4n) is 2.34. The van der Waals surface area contributed by atoms with Gasteiger partial charge >= 0.3 is 0 Å². The first-order chi connectivity index (χ1) is 12.0. The normalized spacial score (nSPS) is 12.0. The van der Waals surface area contributed by atoms with Gasteiger partial charge in [0.1, 0.15) is 6.04 Å². The summed E-state index contributed by atoms with van der Waals surface area (Å²) < 4.78 is 0. The highest BCUT2D eigenvalue weighted by molar-refractivity contribution is 7.12. The van der Waals surface area contributed by atoms with E-state index >= 15 is 0 Å². The van der Waals surface area contributed by atoms with Gasteiger partial charge in [0.15, 0.2) is 0 Å². The summed E-state index contributed by atoms with van der Waals surface area (Å²) in [6.07, 6.45) is 0. The Kier molecular flexibility index (Phi) is 7.16. The van der Waals surface area contributed by atoms with Crippen LogP contribution in [0.4, 0.5) is 0 Å². The third-order valence-electron chi connectivity index (χ3n) is 3.94. The smallest absolute Gasteiger partial charge is 0.261 e. The topological polar surface area (TPSA) is 61.4 Å². The van der Waals surface area contributed by atoms with Crippen LogP contribution in [0.1, 0.15) is 34.6 Å². The van der Waals surface area contributed by atoms with Crippen LogP contribution >= 0.6 is 11.3 Å². The van der Waals surface area contributed by atoms with Gasteiger partial charge in [0.25, 0.3) is 5.91 Å². The molecule has 0 unspecified atom stereocenters. The Balaban J connectivity index is 1.84. The monoisotopic (exact) mass is 359 g/mol. The molecular weight excluding hydrogens is 334 g/mol. The van der Waals surface area contributed by atoms with Crippen molar-refractivity contribution in [1.29, 1.82) is 0 Å². The second kappa shape index (κ2) is 9.34. The van der Waals surface area contributed by atoms with Crippen LogP contribution in [0.25, 0.3) is 0 Å². The highest BCUT2D eigenvalue weighted by atomic mass is 32.1. The van der Waals surface area contributed by atoms with Gasteiger partial charge in [-0.15, -0.1) is 11.3 Å². The third kappa shape index (κ3) is 5.99. The van der Waals surface area contributed by atoms with Gasteiger partial charge in [0.05, 0.1) is 4.88 Å². The highest BCUT2D eigenvalue weighted by Gasteiger charge is 2.16. The molecule has 2 N–H and O–H groups in total. The average molecular weight is 359 g/mol. The van der Waals surface area contributed by atoms with Gasteiger partial charge in [-0.05, 0) is 43.1 Å². The quantitative estimate of drug-likeness (QED) is 0.762. The Morgan fingerprint density at radius 3 is 2.64 bits per heavy atom. The van der Waals surface area contributed by atoms with E-state index in [9.17, 15) is 9.59 Å². The Bertz CT molecular complexity index is 700. The summed E-state index contributed by atoms with van der Waals surface area (Å²) in [5, 5.41) is 7.43. The van der Waals surface area contributed by atoms with Gasteiger partial charge in [0.2, 0.25) is 5.91 Å². The molecule has 2 amide bonds. The molecule has 0 saturated heterocycles. The van der Waals surface area contributed by atoms with Crippen molar-refractivity contribution in [1.82, 2.24) is 15.5 Å². The van der Waals surface area contributed by atoms with Gasteiger partial charge < -0.3 is 15.5 Å². The summed E-state index contributed by atoms with van der Waals surface area (Å²) >= 11 is 1.36. The molecule has 1 aromatic carbocycles. The van der Waals surface area contributed by atoms with Crippen molar-refractivity contribution < 1.29 is 9.59 Å². The maximum absolute atomic E-state index is 12.2. The molecule has 0 aliphatic heterocycles. The molecule has 2 aromatic rings. The first-order valence-corrected chi connectivity index (χ1v) is 9.26. The minimum absolute atomic E-state index is 0.194. The zero-order valence-electron chi connectivity index (χ0n) is 14.9. The molecule has 25 heavy (non-hydrogen) atoms. The molecule has 0 bridgehead atoms. The first-order valence-electron chi connectivity index (χ1n) is 8.38. The molecule has 1 aromatic heterocycles. The van der Waals surface area contributed by atoms with Crippen LogP contribution in [0, 0.1) is 0 Å². The van der Waals surface area contributed by atoms with E-state index in [0.717, 1.165) is 18.7 Å². The molecule has 0 aliphatic carbocycles. The maximum atomic E-state index is 12.2. The summed E-state index contributed by atoms with van der Waals surface area (Å²) in [4.78, 5) is 27.0. The molecule has 5 nitrogen and oxygen atoms in total. The Morgan fingerprint density at radius 2 is 1.96 bits per heavy atom. The van der Waals surface area contributed by atoms with Crippen molar-refractivity contribution in [3.05, 3.63) is 57.8 Å². The van der Waals surface area contributed by atoms with E-state index in [1.54, 1.807) is 13.0 Å². The number of hydrogen-bond donors (Lipinski definition) is 2. The minimum atomic E-state index is -0.580. The molecule has 0 spiro atoms. The number of thiophene rings is 1. The number of amides is 2. The number of nitrogens with zero attached hydrogens (tertiary/aromatic N) is 1. The lowest BCUT2D eigenvalue weighted by atomic mass is 10.1. The summed E-state index contributed by atoms with van der Waals surface area (Å²) in [5.41, 5.74) is 2.27. The number of hydrogen-bond acceptors (Lipinski definition) is 4. The van der Waals surface area contributed by atoms with Crippen LogP contribution in [-0.4, -0.2) is 36.3 Å². The van der Waals surface area contributed by atoms with E-state index in [2.05, 4.69) is 41.6 Å². The predicted octanol–water partition coefficient (Wildman–Crippen LogP) is 2.63. The molecule has 0 fully saturated rings. The van der Waals surface area contributed by atoms with Crippen LogP contribution < -0.4 is 10.6 Å². The van der Waals surface area contributed by atoms with Crippen LogP contribution in [0.2, 0.25) is 0 Å². The first kappa shape index (κ1) is 19.1. The third-order valence-corrected chi connectivity index (χ3v) is 4.80.